The van der Waals surface area contributed by atoms with Crippen LogP contribution < -0.4 is 0 Å². The molecule has 25 heavy (non-hydrogen) atoms. The van der Waals surface area contributed by atoms with Crippen LogP contribution in [0, 0.1) is 0 Å². The Kier molecular flexibility index (Phi) is 6.00. The van der Waals surface area contributed by atoms with Gasteiger partial charge in [-0.1, -0.05) is 0 Å². The molecular formula is C15H12N6O4. The lowest BCUT2D eigenvalue weighted by molar-refractivity contribution is -0.134. The van der Waals surface area contributed by atoms with Gasteiger partial charge in [-0.25, -0.2) is 9.59 Å². The number of aromatic nitrogens is 6. The number of tetrazole rings is 1. The van der Waals surface area contributed by atoms with Crippen LogP contribution in [0.3, 0.4) is 0 Å². The monoisotopic (exact) mass is 340 g/mol. The fourth-order valence-electron chi connectivity index (χ4n) is 1.55. The summed E-state index contributed by atoms with van der Waals surface area (Å²) in [6.07, 6.45) is 7.89. The van der Waals surface area contributed by atoms with E-state index in [9.17, 15) is 9.59 Å². The van der Waals surface area contributed by atoms with Crippen LogP contribution in [0.15, 0.2) is 61.2 Å². The lowest BCUT2D eigenvalue weighted by Gasteiger charge is -1.95. The van der Waals surface area contributed by atoms with Crippen molar-refractivity contribution in [3.8, 4) is 17.1 Å². The van der Waals surface area contributed by atoms with Crippen LogP contribution in [0.1, 0.15) is 0 Å². The summed E-state index contributed by atoms with van der Waals surface area (Å²) in [5.41, 5.74) is 1.61. The van der Waals surface area contributed by atoms with E-state index in [-0.39, 0.29) is 0 Å². The Morgan fingerprint density at radius 2 is 1.60 bits per heavy atom. The Morgan fingerprint density at radius 1 is 0.960 bits per heavy atom. The molecule has 0 fully saturated rings. The van der Waals surface area contributed by atoms with Crippen molar-refractivity contribution in [3.63, 3.8) is 0 Å². The van der Waals surface area contributed by atoms with E-state index in [2.05, 4.69) is 25.4 Å². The minimum Gasteiger partial charge on any atom is -0.478 e. The molecule has 0 unspecified atom stereocenters. The number of hydrogen-bond acceptors (Lipinski definition) is 7. The van der Waals surface area contributed by atoms with Crippen molar-refractivity contribution in [1.82, 2.24) is 30.2 Å². The summed E-state index contributed by atoms with van der Waals surface area (Å²) in [6.45, 7) is 0. The fourth-order valence-corrected chi connectivity index (χ4v) is 1.55. The summed E-state index contributed by atoms with van der Waals surface area (Å²) in [4.78, 5) is 28.6. The number of aliphatic carboxylic acids is 2. The highest BCUT2D eigenvalue weighted by molar-refractivity contribution is 5.89. The van der Waals surface area contributed by atoms with Gasteiger partial charge in [-0.05, 0) is 29.5 Å². The van der Waals surface area contributed by atoms with Crippen molar-refractivity contribution in [1.29, 1.82) is 0 Å². The molecule has 3 rings (SSSR count). The van der Waals surface area contributed by atoms with Crippen molar-refractivity contribution in [2.45, 2.75) is 0 Å². The predicted octanol–water partition coefficient (Wildman–Crippen LogP) is 0.831. The third-order valence-electron chi connectivity index (χ3n) is 2.58. The van der Waals surface area contributed by atoms with Crippen molar-refractivity contribution in [2.24, 2.45) is 0 Å². The third kappa shape index (κ3) is 5.63. The molecule has 0 aromatic carbocycles. The first-order valence-corrected chi connectivity index (χ1v) is 6.81. The number of nitrogens with zero attached hydrogens (tertiary/aromatic N) is 6. The van der Waals surface area contributed by atoms with Gasteiger partial charge in [0.25, 0.3) is 0 Å². The van der Waals surface area contributed by atoms with Crippen LogP contribution in [0.25, 0.3) is 17.1 Å². The number of carbonyl (C=O) groups is 2. The largest absolute Gasteiger partial charge is 0.478 e. The average Bonchev–Trinajstić information content (AvgIpc) is 3.12. The molecule has 0 saturated carbocycles. The average molecular weight is 340 g/mol. The Morgan fingerprint density at radius 3 is 2.12 bits per heavy atom. The molecule has 0 spiro atoms. The molecule has 0 aliphatic carbocycles. The molecule has 0 amide bonds. The number of pyridine rings is 2. The summed E-state index contributed by atoms with van der Waals surface area (Å²) in [5.74, 6) is -1.97. The zero-order valence-corrected chi connectivity index (χ0v) is 12.7. The number of rotatable bonds is 4. The summed E-state index contributed by atoms with van der Waals surface area (Å²) in [6, 6.07) is 7.40. The first-order valence-electron chi connectivity index (χ1n) is 6.81. The Balaban J connectivity index is 0.000000242. The molecule has 0 atom stereocenters. The molecule has 10 heteroatoms. The van der Waals surface area contributed by atoms with Crippen molar-refractivity contribution in [3.05, 3.63) is 61.2 Å². The number of carboxylic acid groups (broad SMARTS) is 2. The van der Waals surface area contributed by atoms with Crippen LogP contribution in [0.2, 0.25) is 0 Å². The highest BCUT2D eigenvalue weighted by Gasteiger charge is 2.06. The van der Waals surface area contributed by atoms with E-state index in [4.69, 9.17) is 10.2 Å². The van der Waals surface area contributed by atoms with Crippen LogP contribution in [-0.2, 0) is 9.59 Å². The zero-order valence-electron chi connectivity index (χ0n) is 12.7. The fraction of sp³-hybridized carbons (Fsp3) is 0. The van der Waals surface area contributed by atoms with E-state index in [1.54, 1.807) is 24.8 Å². The Hall–Kier alpha value is -3.95. The highest BCUT2D eigenvalue weighted by atomic mass is 16.4. The summed E-state index contributed by atoms with van der Waals surface area (Å²) < 4.78 is 0. The molecule has 3 aromatic rings. The van der Waals surface area contributed by atoms with Gasteiger partial charge in [0.1, 0.15) is 5.69 Å². The second-order valence-electron chi connectivity index (χ2n) is 4.37. The van der Waals surface area contributed by atoms with Gasteiger partial charge < -0.3 is 10.2 Å². The molecule has 0 radical (unpaired) electrons. The van der Waals surface area contributed by atoms with Crippen molar-refractivity contribution >= 4 is 11.9 Å². The molecule has 10 nitrogen and oxygen atoms in total. The molecule has 126 valence electrons. The second-order valence-corrected chi connectivity index (χ2v) is 4.37. The maximum Gasteiger partial charge on any atom is 0.328 e. The van der Waals surface area contributed by atoms with Gasteiger partial charge in [-0.2, -0.15) is 0 Å². The minimum absolute atomic E-state index is 0.543. The van der Waals surface area contributed by atoms with E-state index in [1.807, 2.05) is 24.3 Å². The summed E-state index contributed by atoms with van der Waals surface area (Å²) in [7, 11) is 0. The van der Waals surface area contributed by atoms with Gasteiger partial charge in [0.15, 0.2) is 0 Å². The smallest absolute Gasteiger partial charge is 0.328 e. The SMILES string of the molecule is O=C(O)C=CC(=O)O.c1cncc(-c2nnn(-c3cccnc3)n2)c1. The standard InChI is InChI=1S/C11H8N6.C4H4O4/c1-3-9(7-12-5-1)11-14-16-17(15-11)10-4-2-6-13-8-10;5-3(6)1-2-4(7)8/h1-8H;1-2H,(H,5,6)(H,7,8). The van der Waals surface area contributed by atoms with Gasteiger partial charge in [-0.15, -0.1) is 15.0 Å². The Bertz CT molecular complexity index is 794. The summed E-state index contributed by atoms with van der Waals surface area (Å²) in [5, 5.41) is 27.8. The van der Waals surface area contributed by atoms with Gasteiger partial charge in [-0.3, -0.25) is 9.97 Å². The van der Waals surface area contributed by atoms with Crippen LogP contribution in [0.5, 0.6) is 0 Å². The lowest BCUT2D eigenvalue weighted by Crippen LogP contribution is -1.98. The molecule has 2 N–H and O–H groups in total. The lowest BCUT2D eigenvalue weighted by atomic mass is 10.3. The minimum atomic E-state index is -1.26. The van der Waals surface area contributed by atoms with E-state index in [0.29, 0.717) is 18.0 Å². The molecule has 3 aromatic heterocycles. The molecule has 3 heterocycles. The molecule has 0 saturated heterocycles. The Labute approximate surface area is 141 Å². The maximum atomic E-state index is 9.55. The van der Waals surface area contributed by atoms with Gasteiger partial charge in [0.05, 0.1) is 6.20 Å². The van der Waals surface area contributed by atoms with E-state index in [0.717, 1.165) is 11.3 Å². The quantitative estimate of drug-likeness (QED) is 0.660. The van der Waals surface area contributed by atoms with Gasteiger partial charge in [0.2, 0.25) is 5.82 Å². The summed E-state index contributed by atoms with van der Waals surface area (Å²) >= 11 is 0. The van der Waals surface area contributed by atoms with Crippen LogP contribution in [-0.4, -0.2) is 52.3 Å². The van der Waals surface area contributed by atoms with E-state index < -0.39 is 11.9 Å². The van der Waals surface area contributed by atoms with E-state index >= 15 is 0 Å². The molecule has 0 aliphatic rings. The van der Waals surface area contributed by atoms with Crippen molar-refractivity contribution < 1.29 is 19.8 Å². The maximum absolute atomic E-state index is 9.55. The topological polar surface area (TPSA) is 144 Å². The van der Waals surface area contributed by atoms with Crippen LogP contribution >= 0.6 is 0 Å². The number of carboxylic acids is 2. The van der Waals surface area contributed by atoms with Gasteiger partial charge >= 0.3 is 11.9 Å². The van der Waals surface area contributed by atoms with E-state index in [1.165, 1.54) is 4.80 Å². The number of hydrogen-bond donors (Lipinski definition) is 2. The second kappa shape index (κ2) is 8.62. The highest BCUT2D eigenvalue weighted by Crippen LogP contribution is 2.11. The normalized spacial score (nSPS) is 10.1. The molecule has 0 bridgehead atoms. The first kappa shape index (κ1) is 17.4. The van der Waals surface area contributed by atoms with Gasteiger partial charge in [0, 0.05) is 36.3 Å². The van der Waals surface area contributed by atoms with Crippen molar-refractivity contribution in [2.75, 3.05) is 0 Å². The van der Waals surface area contributed by atoms with Crippen LogP contribution in [0.4, 0.5) is 0 Å². The molecule has 0 aliphatic heterocycles. The first-order chi connectivity index (χ1) is 12.1. The molecular weight excluding hydrogens is 328 g/mol. The zero-order chi connectivity index (χ0) is 18.1. The third-order valence-corrected chi connectivity index (χ3v) is 2.58. The predicted molar refractivity (Wildman–Crippen MR) is 84.6 cm³/mol.